The third-order valence-electron chi connectivity index (χ3n) is 7.81. The van der Waals surface area contributed by atoms with Crippen molar-refractivity contribution in [2.45, 2.75) is 31.3 Å². The lowest BCUT2D eigenvalue weighted by Gasteiger charge is -2.25. The number of halogens is 1. The van der Waals surface area contributed by atoms with Gasteiger partial charge in [0.15, 0.2) is 5.75 Å². The van der Waals surface area contributed by atoms with Crippen molar-refractivity contribution in [3.8, 4) is 17.4 Å². The number of methoxy groups -OCH3 is 1. The summed E-state index contributed by atoms with van der Waals surface area (Å²) >= 11 is 0. The van der Waals surface area contributed by atoms with Crippen LogP contribution in [0.25, 0.3) is 11.0 Å². The molecule has 1 unspecified atom stereocenters. The molecule has 1 amide bonds. The number of hydrogen-bond donors (Lipinski definition) is 2. The van der Waals surface area contributed by atoms with E-state index < -0.39 is 5.82 Å². The summed E-state index contributed by atoms with van der Waals surface area (Å²) in [5.74, 6) is 0.0755. The summed E-state index contributed by atoms with van der Waals surface area (Å²) in [5.41, 5.74) is 2.02. The molecule has 0 spiro atoms. The minimum atomic E-state index is -0.504. The van der Waals surface area contributed by atoms with E-state index in [-0.39, 0.29) is 35.1 Å². The summed E-state index contributed by atoms with van der Waals surface area (Å²) in [7, 11) is 5.69. The van der Waals surface area contributed by atoms with Gasteiger partial charge in [-0.3, -0.25) is 14.2 Å². The first-order chi connectivity index (χ1) is 21.2. The number of aromatic nitrogens is 4. The SMILES string of the molecule is C=CC(=O)Nc1cc(Nc2ncc3cc(Oc4ccc(F)cn4)c(=O)n(C4CC4)c3n2)c(OC)cc1N1CCC(N(C)C)C1. The maximum Gasteiger partial charge on any atom is 0.295 e. The molecule has 228 valence electrons. The first-order valence-corrected chi connectivity index (χ1v) is 14.3. The first-order valence-electron chi connectivity index (χ1n) is 14.3. The van der Waals surface area contributed by atoms with E-state index in [0.29, 0.717) is 34.2 Å². The summed E-state index contributed by atoms with van der Waals surface area (Å²) in [4.78, 5) is 43.4. The van der Waals surface area contributed by atoms with Gasteiger partial charge in [-0.15, -0.1) is 0 Å². The molecule has 4 heterocycles. The molecule has 44 heavy (non-hydrogen) atoms. The van der Waals surface area contributed by atoms with Crippen molar-refractivity contribution >= 4 is 40.0 Å². The normalized spacial score (nSPS) is 16.3. The van der Waals surface area contributed by atoms with Gasteiger partial charge in [0.1, 0.15) is 17.2 Å². The van der Waals surface area contributed by atoms with Crippen molar-refractivity contribution < 1.29 is 18.7 Å². The number of nitrogens with zero attached hydrogens (tertiary/aromatic N) is 6. The quantitative estimate of drug-likeness (QED) is 0.252. The molecular formula is C31H33FN8O4. The zero-order chi connectivity index (χ0) is 31.0. The maximum atomic E-state index is 13.5. The molecule has 6 rings (SSSR count). The van der Waals surface area contributed by atoms with Crippen LogP contribution >= 0.6 is 0 Å². The standard InChI is InChI=1S/C31H33FN8O4/c1-5-27(41)35-22-13-23(25(43-4)14-24(22)39-11-10-21(17-39)38(2)3)36-31-34-15-18-12-26(44-28-9-6-19(32)16-33-28)30(42)40(20-7-8-20)29(18)37-31/h5-6,9,12-16,20-21H,1,7-8,10-11,17H2,2-4H3,(H,35,41)(H,34,36,37). The Hall–Kier alpha value is -5.04. The number of pyridine rings is 2. The van der Waals surface area contributed by atoms with Gasteiger partial charge in [-0.05, 0) is 57.6 Å². The highest BCUT2D eigenvalue weighted by Crippen LogP contribution is 2.40. The van der Waals surface area contributed by atoms with E-state index in [9.17, 15) is 14.0 Å². The fourth-order valence-corrected chi connectivity index (χ4v) is 5.32. The largest absolute Gasteiger partial charge is 0.494 e. The molecule has 2 fully saturated rings. The van der Waals surface area contributed by atoms with Gasteiger partial charge < -0.3 is 29.9 Å². The van der Waals surface area contributed by atoms with Crippen molar-refractivity contribution in [1.29, 1.82) is 0 Å². The molecule has 2 N–H and O–H groups in total. The van der Waals surface area contributed by atoms with E-state index in [0.717, 1.165) is 44.2 Å². The van der Waals surface area contributed by atoms with Crippen LogP contribution < -0.4 is 30.6 Å². The average molecular weight is 601 g/mol. The van der Waals surface area contributed by atoms with Gasteiger partial charge in [0, 0.05) is 48.9 Å². The Bertz CT molecular complexity index is 1790. The third-order valence-corrected chi connectivity index (χ3v) is 7.81. The fourth-order valence-electron chi connectivity index (χ4n) is 5.32. The second kappa shape index (κ2) is 11.9. The number of rotatable bonds is 10. The molecule has 1 saturated heterocycles. The number of hydrogen-bond acceptors (Lipinski definition) is 10. The van der Waals surface area contributed by atoms with Crippen molar-refractivity contribution in [2.75, 3.05) is 49.8 Å². The van der Waals surface area contributed by atoms with E-state index in [1.807, 2.05) is 6.07 Å². The minimum Gasteiger partial charge on any atom is -0.494 e. The van der Waals surface area contributed by atoms with Crippen LogP contribution in [0.4, 0.5) is 27.4 Å². The van der Waals surface area contributed by atoms with Gasteiger partial charge in [-0.2, -0.15) is 4.98 Å². The van der Waals surface area contributed by atoms with Crippen LogP contribution in [0.2, 0.25) is 0 Å². The minimum absolute atomic E-state index is 0.0292. The molecular weight excluding hydrogens is 567 g/mol. The molecule has 1 aliphatic carbocycles. The van der Waals surface area contributed by atoms with E-state index >= 15 is 0 Å². The van der Waals surface area contributed by atoms with Gasteiger partial charge in [0.25, 0.3) is 5.56 Å². The van der Waals surface area contributed by atoms with E-state index in [1.54, 1.807) is 30.0 Å². The Morgan fingerprint density at radius 1 is 1.11 bits per heavy atom. The molecule has 2 aliphatic rings. The second-order valence-corrected chi connectivity index (χ2v) is 11.0. The number of anilines is 4. The molecule has 13 heteroatoms. The molecule has 4 aromatic rings. The van der Waals surface area contributed by atoms with Gasteiger partial charge in [0.05, 0.1) is 30.4 Å². The lowest BCUT2D eigenvalue weighted by Crippen LogP contribution is -2.31. The van der Waals surface area contributed by atoms with Crippen LogP contribution in [-0.2, 0) is 4.79 Å². The van der Waals surface area contributed by atoms with Crippen molar-refractivity contribution in [3.05, 3.63) is 71.6 Å². The van der Waals surface area contributed by atoms with Gasteiger partial charge in [-0.25, -0.2) is 14.4 Å². The third kappa shape index (κ3) is 5.91. The van der Waals surface area contributed by atoms with Crippen molar-refractivity contribution in [1.82, 2.24) is 24.4 Å². The molecule has 1 atom stereocenters. The predicted octanol–water partition coefficient (Wildman–Crippen LogP) is 4.47. The van der Waals surface area contributed by atoms with E-state index in [4.69, 9.17) is 14.5 Å². The van der Waals surface area contributed by atoms with Crippen LogP contribution in [0.5, 0.6) is 17.4 Å². The molecule has 0 radical (unpaired) electrons. The Morgan fingerprint density at radius 2 is 1.93 bits per heavy atom. The lowest BCUT2D eigenvalue weighted by molar-refractivity contribution is -0.111. The van der Waals surface area contributed by atoms with Gasteiger partial charge >= 0.3 is 0 Å². The summed E-state index contributed by atoms with van der Waals surface area (Å²) < 4.78 is 26.4. The van der Waals surface area contributed by atoms with E-state index in [2.05, 4.69) is 51.1 Å². The number of fused-ring (bicyclic) bond motifs is 1. The van der Waals surface area contributed by atoms with Crippen molar-refractivity contribution in [2.24, 2.45) is 0 Å². The number of ether oxygens (including phenoxy) is 2. The highest BCUT2D eigenvalue weighted by Gasteiger charge is 2.30. The molecule has 1 saturated carbocycles. The molecule has 1 aromatic carbocycles. The highest BCUT2D eigenvalue weighted by atomic mass is 19.1. The monoisotopic (exact) mass is 600 g/mol. The predicted molar refractivity (Wildman–Crippen MR) is 166 cm³/mol. The lowest BCUT2D eigenvalue weighted by atomic mass is 10.2. The molecule has 1 aliphatic heterocycles. The van der Waals surface area contributed by atoms with Gasteiger partial charge in [-0.1, -0.05) is 6.58 Å². The van der Waals surface area contributed by atoms with Crippen LogP contribution in [-0.4, -0.2) is 70.7 Å². The van der Waals surface area contributed by atoms with Crippen molar-refractivity contribution in [3.63, 3.8) is 0 Å². The van der Waals surface area contributed by atoms with Crippen LogP contribution in [0, 0.1) is 5.82 Å². The van der Waals surface area contributed by atoms with Crippen LogP contribution in [0.1, 0.15) is 25.3 Å². The smallest absolute Gasteiger partial charge is 0.295 e. The Morgan fingerprint density at radius 3 is 2.59 bits per heavy atom. The fraction of sp³-hybridized carbons (Fsp3) is 0.323. The molecule has 0 bridgehead atoms. The van der Waals surface area contributed by atoms with Gasteiger partial charge in [0.2, 0.25) is 17.7 Å². The second-order valence-electron chi connectivity index (χ2n) is 11.0. The molecule has 3 aromatic heterocycles. The zero-order valence-corrected chi connectivity index (χ0v) is 24.7. The number of amides is 1. The topological polar surface area (TPSA) is 127 Å². The maximum absolute atomic E-state index is 13.5. The summed E-state index contributed by atoms with van der Waals surface area (Å²) in [6.07, 6.45) is 6.49. The summed E-state index contributed by atoms with van der Waals surface area (Å²) in [6, 6.07) is 8.15. The number of nitrogens with one attached hydrogen (secondary N) is 2. The Kier molecular flexibility index (Phi) is 7.87. The summed E-state index contributed by atoms with van der Waals surface area (Å²) in [6.45, 7) is 5.22. The van der Waals surface area contributed by atoms with E-state index in [1.165, 1.54) is 18.2 Å². The Balaban J connectivity index is 1.36. The van der Waals surface area contributed by atoms with Crippen LogP contribution in [0.3, 0.4) is 0 Å². The zero-order valence-electron chi connectivity index (χ0n) is 24.7. The number of carbonyl (C=O) groups excluding carboxylic acids is 1. The number of likely N-dealkylation sites (N-methyl/N-ethyl adjacent to an activating group) is 1. The number of benzene rings is 1. The Labute approximate surface area is 253 Å². The molecule has 12 nitrogen and oxygen atoms in total. The number of carbonyl (C=O) groups is 1. The highest BCUT2D eigenvalue weighted by molar-refractivity contribution is 6.02. The first kappa shape index (κ1) is 29.1. The van der Waals surface area contributed by atoms with Crippen LogP contribution in [0.15, 0.2) is 60.2 Å². The summed E-state index contributed by atoms with van der Waals surface area (Å²) in [5, 5.41) is 6.73. The average Bonchev–Trinajstić information content (AvgIpc) is 3.72.